The van der Waals surface area contributed by atoms with Crippen molar-refractivity contribution in [2.75, 3.05) is 6.61 Å². The maximum absolute atomic E-state index is 14.9. The molecule has 0 radical (unpaired) electrons. The summed E-state index contributed by atoms with van der Waals surface area (Å²) in [7, 11) is 0. The summed E-state index contributed by atoms with van der Waals surface area (Å²) in [6, 6.07) is 6.61. The fraction of sp³-hybridized carbons (Fsp3) is 0.568. The molecule has 0 amide bonds. The molecule has 0 unspecified atom stereocenters. The number of halogens is 5. The van der Waals surface area contributed by atoms with Crippen LogP contribution < -0.4 is 4.74 Å². The summed E-state index contributed by atoms with van der Waals surface area (Å²) in [5, 5.41) is 0. The summed E-state index contributed by atoms with van der Waals surface area (Å²) in [5.41, 5.74) is -0.0927. The fourth-order valence-corrected chi connectivity index (χ4v) is 6.74. The van der Waals surface area contributed by atoms with Crippen molar-refractivity contribution in [2.45, 2.75) is 103 Å². The van der Waals surface area contributed by atoms with E-state index < -0.39 is 42.0 Å². The number of allylic oxidation sites excluding steroid dienone is 3. The molecule has 2 aliphatic carbocycles. The van der Waals surface area contributed by atoms with Gasteiger partial charge in [-0.3, -0.25) is 0 Å². The second-order valence-corrected chi connectivity index (χ2v) is 12.7. The second kappa shape index (κ2) is 15.9. The maximum Gasteiger partial charge on any atom is 0.279 e. The molecule has 0 aliphatic heterocycles. The minimum absolute atomic E-state index is 0.136. The summed E-state index contributed by atoms with van der Waals surface area (Å²) in [4.78, 5) is 0. The second-order valence-electron chi connectivity index (χ2n) is 12.7. The van der Waals surface area contributed by atoms with Gasteiger partial charge in [0.1, 0.15) is 0 Å². The van der Waals surface area contributed by atoms with Crippen LogP contribution in [0.3, 0.4) is 0 Å². The molecule has 0 N–H and O–H groups in total. The predicted molar refractivity (Wildman–Crippen MR) is 164 cm³/mol. The number of rotatable bonds is 14. The van der Waals surface area contributed by atoms with E-state index in [0.717, 1.165) is 49.7 Å². The molecule has 2 saturated carbocycles. The molecular formula is C37H47F5O. The minimum atomic E-state index is -3.65. The number of alkyl halides is 2. The molecule has 2 aromatic carbocycles. The largest absolute Gasteiger partial charge is 0.490 e. The van der Waals surface area contributed by atoms with Gasteiger partial charge in [-0.1, -0.05) is 37.3 Å². The third-order valence-electron chi connectivity index (χ3n) is 9.67. The van der Waals surface area contributed by atoms with E-state index in [1.165, 1.54) is 50.3 Å². The van der Waals surface area contributed by atoms with Crippen molar-refractivity contribution in [3.05, 3.63) is 89.3 Å². The number of hydrogen-bond acceptors (Lipinski definition) is 1. The number of hydrogen-bond donors (Lipinski definition) is 0. The third-order valence-corrected chi connectivity index (χ3v) is 9.67. The van der Waals surface area contributed by atoms with Crippen molar-refractivity contribution in [3.63, 3.8) is 0 Å². The highest BCUT2D eigenvalue weighted by atomic mass is 19.3. The maximum atomic E-state index is 14.9. The first-order chi connectivity index (χ1) is 20.7. The normalized spacial score (nSPS) is 23.0. The molecule has 43 heavy (non-hydrogen) atoms. The van der Waals surface area contributed by atoms with E-state index in [1.807, 2.05) is 13.0 Å². The minimum Gasteiger partial charge on any atom is -0.490 e. The van der Waals surface area contributed by atoms with Crippen LogP contribution >= 0.6 is 0 Å². The standard InChI is InChI=1S/C37H47F5O/c1-3-5-6-27-7-9-28(10-8-27)11-12-29-13-15-30(16-14-29)17-19-31-20-21-32(36(40)35(31)39)37(41,42)23-24-43-34-22-18-26(4-2)25-33(34)38/h3,11-12,18,20-22,25,27-30H,1,4-10,13-17,19,23-24H2,2H3. The number of benzene rings is 2. The fourth-order valence-electron chi connectivity index (χ4n) is 6.74. The van der Waals surface area contributed by atoms with Gasteiger partial charge in [-0.2, -0.15) is 0 Å². The van der Waals surface area contributed by atoms with Gasteiger partial charge in [-0.15, -0.1) is 6.58 Å². The van der Waals surface area contributed by atoms with Gasteiger partial charge in [-0.05, 0) is 136 Å². The Morgan fingerprint density at radius 1 is 0.837 bits per heavy atom. The highest BCUT2D eigenvalue weighted by Crippen LogP contribution is 2.38. The van der Waals surface area contributed by atoms with Gasteiger partial charge in [0.2, 0.25) is 0 Å². The Bertz CT molecular complexity index is 1210. The molecule has 0 aromatic heterocycles. The number of aryl methyl sites for hydroxylation is 2. The monoisotopic (exact) mass is 602 g/mol. The van der Waals surface area contributed by atoms with Crippen molar-refractivity contribution >= 4 is 0 Å². The molecule has 236 valence electrons. The quantitative estimate of drug-likeness (QED) is 0.154. The van der Waals surface area contributed by atoms with Crippen LogP contribution in [0.15, 0.2) is 55.1 Å². The zero-order valence-corrected chi connectivity index (χ0v) is 25.5. The average Bonchev–Trinajstić information content (AvgIpc) is 3.01. The van der Waals surface area contributed by atoms with Crippen molar-refractivity contribution in [1.82, 2.24) is 0 Å². The van der Waals surface area contributed by atoms with Crippen LogP contribution in [0.25, 0.3) is 0 Å². The molecule has 2 fully saturated rings. The molecule has 4 rings (SSSR count). The first-order valence-corrected chi connectivity index (χ1v) is 16.3. The predicted octanol–water partition coefficient (Wildman–Crippen LogP) is 11.3. The molecule has 1 nitrogen and oxygen atoms in total. The molecule has 2 aromatic rings. The smallest absolute Gasteiger partial charge is 0.279 e. The molecule has 0 saturated heterocycles. The topological polar surface area (TPSA) is 9.23 Å². The molecular weight excluding hydrogens is 555 g/mol. The highest BCUT2D eigenvalue weighted by Gasteiger charge is 2.36. The molecule has 0 spiro atoms. The lowest BCUT2D eigenvalue weighted by Crippen LogP contribution is -2.20. The van der Waals surface area contributed by atoms with E-state index in [1.54, 1.807) is 6.07 Å². The molecule has 0 heterocycles. The summed E-state index contributed by atoms with van der Waals surface area (Å²) in [5.74, 6) is -4.58. The van der Waals surface area contributed by atoms with Gasteiger partial charge < -0.3 is 4.74 Å². The van der Waals surface area contributed by atoms with Crippen molar-refractivity contribution < 1.29 is 26.7 Å². The molecule has 0 bridgehead atoms. The van der Waals surface area contributed by atoms with Crippen LogP contribution in [-0.2, 0) is 18.8 Å². The van der Waals surface area contributed by atoms with Gasteiger partial charge in [0.05, 0.1) is 18.6 Å². The van der Waals surface area contributed by atoms with Crippen molar-refractivity contribution in [3.8, 4) is 5.75 Å². The Balaban J connectivity index is 1.21. The molecule has 0 atom stereocenters. The van der Waals surface area contributed by atoms with Crippen LogP contribution in [0, 0.1) is 41.1 Å². The van der Waals surface area contributed by atoms with E-state index in [0.29, 0.717) is 37.0 Å². The Morgan fingerprint density at radius 3 is 2.05 bits per heavy atom. The Hall–Kier alpha value is -2.63. The van der Waals surface area contributed by atoms with E-state index in [9.17, 15) is 22.0 Å². The van der Waals surface area contributed by atoms with E-state index in [-0.39, 0.29) is 11.3 Å². The SMILES string of the molecule is C=CCCC1CCC(C=CC2CCC(CCc3ccc(C(F)(F)CCOc4ccc(CC)cc4F)c(F)c3F)CC2)CC1. The van der Waals surface area contributed by atoms with Gasteiger partial charge >= 0.3 is 0 Å². The summed E-state index contributed by atoms with van der Waals surface area (Å²) in [6.45, 7) is 5.17. The van der Waals surface area contributed by atoms with Crippen LogP contribution in [-0.4, -0.2) is 6.61 Å². The van der Waals surface area contributed by atoms with E-state index in [4.69, 9.17) is 4.74 Å². The third kappa shape index (κ3) is 9.43. The summed E-state index contributed by atoms with van der Waals surface area (Å²) < 4.78 is 78.6. The lowest BCUT2D eigenvalue weighted by molar-refractivity contribution is -0.0282. The van der Waals surface area contributed by atoms with Gasteiger partial charge in [0.25, 0.3) is 5.92 Å². The molecule has 6 heteroatoms. The Labute approximate surface area is 254 Å². The van der Waals surface area contributed by atoms with Crippen LogP contribution in [0.1, 0.15) is 101 Å². The zero-order valence-electron chi connectivity index (χ0n) is 25.5. The Kier molecular flexibility index (Phi) is 12.3. The lowest BCUT2D eigenvalue weighted by atomic mass is 9.77. The van der Waals surface area contributed by atoms with Gasteiger partial charge in [0.15, 0.2) is 23.2 Å². The Morgan fingerprint density at radius 2 is 1.47 bits per heavy atom. The first kappa shape index (κ1) is 33.3. The summed E-state index contributed by atoms with van der Waals surface area (Å²) in [6.07, 6.45) is 19.5. The van der Waals surface area contributed by atoms with E-state index >= 15 is 0 Å². The van der Waals surface area contributed by atoms with Crippen LogP contribution in [0.2, 0.25) is 0 Å². The lowest BCUT2D eigenvalue weighted by Gasteiger charge is -2.29. The first-order valence-electron chi connectivity index (χ1n) is 16.3. The average molecular weight is 603 g/mol. The van der Waals surface area contributed by atoms with E-state index in [2.05, 4.69) is 18.7 Å². The molecule has 2 aliphatic rings. The van der Waals surface area contributed by atoms with Crippen LogP contribution in [0.5, 0.6) is 5.75 Å². The van der Waals surface area contributed by atoms with Gasteiger partial charge in [0, 0.05) is 0 Å². The van der Waals surface area contributed by atoms with Crippen LogP contribution in [0.4, 0.5) is 22.0 Å². The van der Waals surface area contributed by atoms with Crippen molar-refractivity contribution in [2.24, 2.45) is 23.7 Å². The number of ether oxygens (including phenoxy) is 1. The zero-order chi connectivity index (χ0) is 30.8. The van der Waals surface area contributed by atoms with Crippen molar-refractivity contribution in [1.29, 1.82) is 0 Å². The van der Waals surface area contributed by atoms with Gasteiger partial charge in [-0.25, -0.2) is 22.0 Å². The highest BCUT2D eigenvalue weighted by molar-refractivity contribution is 5.31. The summed E-state index contributed by atoms with van der Waals surface area (Å²) >= 11 is 0.